The average molecular weight is 200 g/mol. The molecule has 0 aliphatic carbocycles. The van der Waals surface area contributed by atoms with Gasteiger partial charge in [0.25, 0.3) is 0 Å². The van der Waals surface area contributed by atoms with E-state index in [1.54, 1.807) is 6.07 Å². The van der Waals surface area contributed by atoms with E-state index in [4.69, 9.17) is 4.42 Å². The highest BCUT2D eigenvalue weighted by Crippen LogP contribution is 2.04. The van der Waals surface area contributed by atoms with E-state index in [2.05, 4.69) is 10.6 Å². The molecule has 0 aliphatic heterocycles. The fourth-order valence-corrected chi connectivity index (χ4v) is 0.971. The van der Waals surface area contributed by atoms with E-state index >= 15 is 0 Å². The summed E-state index contributed by atoms with van der Waals surface area (Å²) in [5, 5.41) is 4.88. The number of aryl methyl sites for hydroxylation is 1. The Kier molecular flexibility index (Phi) is 3.97. The quantitative estimate of drug-likeness (QED) is 0.771. The lowest BCUT2D eigenvalue weighted by Gasteiger charge is -2.03. The Morgan fingerprint density at radius 2 is 2.29 bits per heavy atom. The van der Waals surface area contributed by atoms with Crippen molar-refractivity contribution in [1.82, 2.24) is 10.6 Å². The second-order valence-corrected chi connectivity index (χ2v) is 2.81. The molecule has 0 unspecified atom stereocenters. The number of nitrogens with one attached hydrogen (secondary N) is 2. The van der Waals surface area contributed by atoms with Crippen LogP contribution in [0.4, 0.5) is 9.18 Å². The zero-order chi connectivity index (χ0) is 10.4. The predicted molar refractivity (Wildman–Crippen MR) is 49.7 cm³/mol. The molecule has 0 aromatic carbocycles. The fraction of sp³-hybridized carbons (Fsp3) is 0.444. The molecule has 0 saturated carbocycles. The minimum Gasteiger partial charge on any atom is -0.465 e. The number of amides is 2. The van der Waals surface area contributed by atoms with Crippen molar-refractivity contribution >= 4 is 6.03 Å². The maximum absolute atomic E-state index is 11.7. The van der Waals surface area contributed by atoms with Gasteiger partial charge in [0.1, 0.15) is 18.2 Å². The SMILES string of the molecule is Cc1ccc(CNC(=O)NCCF)o1. The van der Waals surface area contributed by atoms with Crippen molar-refractivity contribution in [2.45, 2.75) is 13.5 Å². The van der Waals surface area contributed by atoms with E-state index in [1.165, 1.54) is 0 Å². The summed E-state index contributed by atoms with van der Waals surface area (Å²) in [7, 11) is 0. The van der Waals surface area contributed by atoms with Crippen molar-refractivity contribution in [2.24, 2.45) is 0 Å². The lowest BCUT2D eigenvalue weighted by Crippen LogP contribution is -2.36. The van der Waals surface area contributed by atoms with Crippen LogP contribution in [0.1, 0.15) is 11.5 Å². The molecule has 1 heterocycles. The Hall–Kier alpha value is -1.52. The third-order valence-electron chi connectivity index (χ3n) is 1.60. The zero-order valence-electron chi connectivity index (χ0n) is 7.97. The summed E-state index contributed by atoms with van der Waals surface area (Å²) in [6.45, 7) is 1.61. The van der Waals surface area contributed by atoms with Crippen molar-refractivity contribution < 1.29 is 13.6 Å². The van der Waals surface area contributed by atoms with Crippen LogP contribution in [0.5, 0.6) is 0 Å². The van der Waals surface area contributed by atoms with Gasteiger partial charge in [0.05, 0.1) is 6.54 Å². The molecule has 1 rings (SSSR count). The Morgan fingerprint density at radius 3 is 2.86 bits per heavy atom. The van der Waals surface area contributed by atoms with Gasteiger partial charge in [0.15, 0.2) is 0 Å². The Labute approximate surface area is 81.5 Å². The Morgan fingerprint density at radius 1 is 1.50 bits per heavy atom. The van der Waals surface area contributed by atoms with Gasteiger partial charge in [0, 0.05) is 6.54 Å². The summed E-state index contributed by atoms with van der Waals surface area (Å²) >= 11 is 0. The highest BCUT2D eigenvalue weighted by atomic mass is 19.1. The van der Waals surface area contributed by atoms with Crippen molar-refractivity contribution in [1.29, 1.82) is 0 Å². The van der Waals surface area contributed by atoms with Crippen molar-refractivity contribution in [3.8, 4) is 0 Å². The number of urea groups is 1. The second kappa shape index (κ2) is 5.26. The minimum absolute atomic E-state index is 0.0308. The van der Waals surface area contributed by atoms with Crippen LogP contribution in [-0.2, 0) is 6.54 Å². The first-order valence-electron chi connectivity index (χ1n) is 4.35. The first-order chi connectivity index (χ1) is 6.72. The molecule has 14 heavy (non-hydrogen) atoms. The molecule has 2 N–H and O–H groups in total. The monoisotopic (exact) mass is 200 g/mol. The molecule has 0 aliphatic rings. The molecular formula is C9H13FN2O2. The summed E-state index contributed by atoms with van der Waals surface area (Å²) in [5.41, 5.74) is 0. The van der Waals surface area contributed by atoms with Gasteiger partial charge in [-0.05, 0) is 19.1 Å². The van der Waals surface area contributed by atoms with Crippen LogP contribution in [0.3, 0.4) is 0 Å². The minimum atomic E-state index is -0.562. The third kappa shape index (κ3) is 3.47. The molecule has 0 atom stereocenters. The molecule has 0 saturated heterocycles. The normalized spacial score (nSPS) is 9.86. The van der Waals surface area contributed by atoms with Gasteiger partial charge in [-0.25, -0.2) is 9.18 Å². The first-order valence-corrected chi connectivity index (χ1v) is 4.35. The highest BCUT2D eigenvalue weighted by molar-refractivity contribution is 5.73. The predicted octanol–water partition coefficient (Wildman–Crippen LogP) is 1.36. The van der Waals surface area contributed by atoms with Crippen LogP contribution in [-0.4, -0.2) is 19.3 Å². The second-order valence-electron chi connectivity index (χ2n) is 2.81. The molecule has 78 valence electrons. The van der Waals surface area contributed by atoms with E-state index in [9.17, 15) is 9.18 Å². The molecule has 0 spiro atoms. The molecule has 0 fully saturated rings. The number of furan rings is 1. The Bertz CT molecular complexity index is 299. The van der Waals surface area contributed by atoms with E-state index in [0.29, 0.717) is 12.3 Å². The number of carbonyl (C=O) groups is 1. The van der Waals surface area contributed by atoms with E-state index in [-0.39, 0.29) is 6.54 Å². The Balaban J connectivity index is 2.23. The van der Waals surface area contributed by atoms with Crippen molar-refractivity contribution in [3.63, 3.8) is 0 Å². The fourth-order valence-electron chi connectivity index (χ4n) is 0.971. The molecule has 4 nitrogen and oxygen atoms in total. The van der Waals surface area contributed by atoms with Crippen molar-refractivity contribution in [2.75, 3.05) is 13.2 Å². The maximum atomic E-state index is 11.7. The standard InChI is InChI=1S/C9H13FN2O2/c1-7-2-3-8(14-7)6-12-9(13)11-5-4-10/h2-3H,4-6H2,1H3,(H2,11,12,13). The van der Waals surface area contributed by atoms with Gasteiger partial charge in [-0.1, -0.05) is 0 Å². The van der Waals surface area contributed by atoms with Gasteiger partial charge < -0.3 is 15.1 Å². The van der Waals surface area contributed by atoms with E-state index < -0.39 is 12.7 Å². The topological polar surface area (TPSA) is 54.3 Å². The molecule has 0 bridgehead atoms. The number of hydrogen-bond acceptors (Lipinski definition) is 2. The van der Waals surface area contributed by atoms with Gasteiger partial charge in [-0.2, -0.15) is 0 Å². The van der Waals surface area contributed by atoms with Crippen LogP contribution >= 0.6 is 0 Å². The van der Waals surface area contributed by atoms with Crippen LogP contribution < -0.4 is 10.6 Å². The molecule has 0 radical (unpaired) electrons. The molecule has 5 heteroatoms. The number of alkyl halides is 1. The third-order valence-corrected chi connectivity index (χ3v) is 1.60. The number of halogens is 1. The van der Waals surface area contributed by atoms with Crippen LogP contribution in [0, 0.1) is 6.92 Å². The molecule has 1 aromatic heterocycles. The summed E-state index contributed by atoms with van der Waals surface area (Å²) in [6.07, 6.45) is 0. The average Bonchev–Trinajstić information content (AvgIpc) is 2.58. The summed E-state index contributed by atoms with van der Waals surface area (Å²) < 4.78 is 16.9. The van der Waals surface area contributed by atoms with Crippen LogP contribution in [0.2, 0.25) is 0 Å². The summed E-state index contributed by atoms with van der Waals surface area (Å²) in [6, 6.07) is 3.21. The van der Waals surface area contributed by atoms with Gasteiger partial charge in [0.2, 0.25) is 0 Å². The lowest BCUT2D eigenvalue weighted by atomic mass is 10.4. The number of carbonyl (C=O) groups excluding carboxylic acids is 1. The van der Waals surface area contributed by atoms with E-state index in [0.717, 1.165) is 5.76 Å². The lowest BCUT2D eigenvalue weighted by molar-refractivity contribution is 0.238. The largest absolute Gasteiger partial charge is 0.465 e. The van der Waals surface area contributed by atoms with Gasteiger partial charge in [-0.15, -0.1) is 0 Å². The molecule has 2 amide bonds. The summed E-state index contributed by atoms with van der Waals surface area (Å²) in [5.74, 6) is 1.48. The van der Waals surface area contributed by atoms with Crippen LogP contribution in [0.25, 0.3) is 0 Å². The number of rotatable bonds is 4. The first kappa shape index (κ1) is 10.6. The number of hydrogen-bond donors (Lipinski definition) is 2. The highest BCUT2D eigenvalue weighted by Gasteiger charge is 2.01. The van der Waals surface area contributed by atoms with Crippen molar-refractivity contribution in [3.05, 3.63) is 23.7 Å². The maximum Gasteiger partial charge on any atom is 0.315 e. The zero-order valence-corrected chi connectivity index (χ0v) is 7.97. The molecule has 1 aromatic rings. The van der Waals surface area contributed by atoms with Gasteiger partial charge >= 0.3 is 6.03 Å². The smallest absolute Gasteiger partial charge is 0.315 e. The van der Waals surface area contributed by atoms with Gasteiger partial charge in [-0.3, -0.25) is 0 Å². The van der Waals surface area contributed by atoms with Crippen LogP contribution in [0.15, 0.2) is 16.5 Å². The van der Waals surface area contributed by atoms with E-state index in [1.807, 2.05) is 13.0 Å². The summed E-state index contributed by atoms with van der Waals surface area (Å²) in [4.78, 5) is 11.0. The molecular weight excluding hydrogens is 187 g/mol.